The van der Waals surface area contributed by atoms with E-state index in [2.05, 4.69) is 22.2 Å². The molecule has 24 heavy (non-hydrogen) atoms. The summed E-state index contributed by atoms with van der Waals surface area (Å²) in [6.07, 6.45) is 3.90. The summed E-state index contributed by atoms with van der Waals surface area (Å²) in [6, 6.07) is 0.567. The number of nitrogens with zero attached hydrogens (tertiary/aromatic N) is 3. The molecular weight excluding hydrogens is 304 g/mol. The summed E-state index contributed by atoms with van der Waals surface area (Å²) >= 11 is 0. The Balaban J connectivity index is 1.53. The summed E-state index contributed by atoms with van der Waals surface area (Å²) in [5, 5.41) is 7.82. The van der Waals surface area contributed by atoms with E-state index in [1.807, 2.05) is 18.5 Å². The fourth-order valence-electron chi connectivity index (χ4n) is 4.90. The molecule has 1 N–H and O–H groups in total. The largest absolute Gasteiger partial charge is 0.376 e. The molecule has 0 spiro atoms. The predicted molar refractivity (Wildman–Crippen MR) is 91.1 cm³/mol. The van der Waals surface area contributed by atoms with E-state index in [-0.39, 0.29) is 11.9 Å². The van der Waals surface area contributed by atoms with Crippen molar-refractivity contribution < 1.29 is 9.53 Å². The van der Waals surface area contributed by atoms with E-state index in [9.17, 15) is 4.79 Å². The number of amides is 1. The molecule has 4 atom stereocenters. The van der Waals surface area contributed by atoms with Crippen LogP contribution in [0, 0.1) is 19.8 Å². The minimum absolute atomic E-state index is 0.0317. The van der Waals surface area contributed by atoms with Gasteiger partial charge in [-0.25, -0.2) is 0 Å². The Morgan fingerprint density at radius 3 is 2.75 bits per heavy atom. The van der Waals surface area contributed by atoms with Gasteiger partial charge in [-0.05, 0) is 53.1 Å². The Morgan fingerprint density at radius 1 is 1.33 bits per heavy atom. The summed E-state index contributed by atoms with van der Waals surface area (Å²) in [5.74, 6) is 0.505. The second-order valence-electron chi connectivity index (χ2n) is 7.38. The lowest BCUT2D eigenvalue weighted by Crippen LogP contribution is -2.70. The minimum Gasteiger partial charge on any atom is -0.376 e. The zero-order valence-corrected chi connectivity index (χ0v) is 14.9. The van der Waals surface area contributed by atoms with Crippen molar-refractivity contribution in [2.45, 2.75) is 64.8 Å². The highest BCUT2D eigenvalue weighted by atomic mass is 16.5. The van der Waals surface area contributed by atoms with Crippen LogP contribution in [0.4, 0.5) is 0 Å². The molecule has 1 amide bonds. The van der Waals surface area contributed by atoms with E-state index < -0.39 is 0 Å². The molecule has 1 saturated carbocycles. The van der Waals surface area contributed by atoms with E-state index in [0.29, 0.717) is 18.1 Å². The second kappa shape index (κ2) is 6.15. The average molecular weight is 332 g/mol. The van der Waals surface area contributed by atoms with Gasteiger partial charge in [0.1, 0.15) is 0 Å². The Kier molecular flexibility index (Phi) is 4.12. The van der Waals surface area contributed by atoms with E-state index in [1.54, 1.807) is 0 Å². The molecule has 2 aliphatic heterocycles. The quantitative estimate of drug-likeness (QED) is 0.908. The third-order valence-electron chi connectivity index (χ3n) is 6.12. The van der Waals surface area contributed by atoms with Gasteiger partial charge in [0.05, 0.1) is 29.4 Å². The number of aryl methyl sites for hydroxylation is 2. The van der Waals surface area contributed by atoms with Crippen molar-refractivity contribution in [1.82, 2.24) is 20.0 Å². The number of ether oxygens (including phenoxy) is 1. The number of nitrogens with one attached hydrogen (secondary N) is 1. The Morgan fingerprint density at radius 2 is 2.08 bits per heavy atom. The van der Waals surface area contributed by atoms with Crippen molar-refractivity contribution in [3.05, 3.63) is 17.0 Å². The molecule has 1 aromatic heterocycles. The maximum Gasteiger partial charge on any atom is 0.255 e. The first-order valence-corrected chi connectivity index (χ1v) is 9.32. The fraction of sp³-hybridized carbons (Fsp3) is 0.778. The lowest BCUT2D eigenvalue weighted by molar-refractivity contribution is -0.0747. The lowest BCUT2D eigenvalue weighted by atomic mass is 9.70. The molecule has 1 aromatic rings. The predicted octanol–water partition coefficient (Wildman–Crippen LogP) is 1.50. The standard InChI is InChI=1S/C18H28N4O2/c1-4-22-12(3)14(11(2)20-22)18(23)19-15-13-7-10-24-17(13)16(15)21-8-5-6-9-21/h13,15-17H,4-10H2,1-3H3,(H,19,23)/t13-,15+,16-,17-/m0/s1. The van der Waals surface area contributed by atoms with Crippen LogP contribution in [0.2, 0.25) is 0 Å². The molecule has 3 fully saturated rings. The summed E-state index contributed by atoms with van der Waals surface area (Å²) in [5.41, 5.74) is 2.53. The number of carbonyl (C=O) groups excluding carboxylic acids is 1. The van der Waals surface area contributed by atoms with Crippen LogP contribution < -0.4 is 5.32 Å². The molecule has 0 bridgehead atoms. The fourth-order valence-corrected chi connectivity index (χ4v) is 4.90. The first-order chi connectivity index (χ1) is 11.6. The molecule has 2 saturated heterocycles. The Bertz CT molecular complexity index is 630. The van der Waals surface area contributed by atoms with Gasteiger partial charge < -0.3 is 10.1 Å². The number of hydrogen-bond donors (Lipinski definition) is 1. The highest BCUT2D eigenvalue weighted by Crippen LogP contribution is 2.43. The maximum absolute atomic E-state index is 12.9. The van der Waals surface area contributed by atoms with Crippen LogP contribution in [-0.2, 0) is 11.3 Å². The number of carbonyl (C=O) groups is 1. The Labute approximate surface area is 143 Å². The first-order valence-electron chi connectivity index (χ1n) is 9.32. The van der Waals surface area contributed by atoms with Crippen molar-refractivity contribution >= 4 is 5.91 Å². The van der Waals surface area contributed by atoms with E-state index in [0.717, 1.165) is 49.6 Å². The van der Waals surface area contributed by atoms with Gasteiger partial charge in [-0.3, -0.25) is 14.4 Å². The summed E-state index contributed by atoms with van der Waals surface area (Å²) < 4.78 is 7.86. The average Bonchev–Trinajstić information content (AvgIpc) is 3.26. The Hall–Kier alpha value is -1.40. The summed E-state index contributed by atoms with van der Waals surface area (Å²) in [6.45, 7) is 9.85. The van der Waals surface area contributed by atoms with Crippen LogP contribution in [0.25, 0.3) is 0 Å². The van der Waals surface area contributed by atoms with Crippen molar-refractivity contribution in [3.63, 3.8) is 0 Å². The van der Waals surface area contributed by atoms with E-state index in [1.165, 1.54) is 12.8 Å². The molecule has 4 rings (SSSR count). The minimum atomic E-state index is 0.0317. The normalized spacial score (nSPS) is 32.6. The molecule has 3 aliphatic rings. The van der Waals surface area contributed by atoms with Crippen LogP contribution >= 0.6 is 0 Å². The van der Waals surface area contributed by atoms with E-state index in [4.69, 9.17) is 4.74 Å². The van der Waals surface area contributed by atoms with Crippen LogP contribution in [0.5, 0.6) is 0 Å². The highest BCUT2D eigenvalue weighted by molar-refractivity contribution is 5.96. The summed E-state index contributed by atoms with van der Waals surface area (Å²) in [4.78, 5) is 15.5. The van der Waals surface area contributed by atoms with Crippen molar-refractivity contribution in [1.29, 1.82) is 0 Å². The van der Waals surface area contributed by atoms with Gasteiger partial charge in [0.2, 0.25) is 0 Å². The third kappa shape index (κ3) is 2.39. The number of fused-ring (bicyclic) bond motifs is 1. The van der Waals surface area contributed by atoms with Crippen LogP contribution in [-0.4, -0.2) is 58.5 Å². The molecule has 0 radical (unpaired) electrons. The van der Waals surface area contributed by atoms with Gasteiger partial charge in [-0.1, -0.05) is 0 Å². The van der Waals surface area contributed by atoms with Crippen LogP contribution in [0.1, 0.15) is 47.9 Å². The molecule has 1 aliphatic carbocycles. The van der Waals surface area contributed by atoms with Crippen molar-refractivity contribution in [2.75, 3.05) is 19.7 Å². The van der Waals surface area contributed by atoms with Gasteiger partial charge in [0.15, 0.2) is 0 Å². The highest BCUT2D eigenvalue weighted by Gasteiger charge is 2.56. The maximum atomic E-state index is 12.9. The smallest absolute Gasteiger partial charge is 0.255 e. The molecule has 6 nitrogen and oxygen atoms in total. The first kappa shape index (κ1) is 16.1. The number of aromatic nitrogens is 2. The summed E-state index contributed by atoms with van der Waals surface area (Å²) in [7, 11) is 0. The number of hydrogen-bond acceptors (Lipinski definition) is 4. The molecular formula is C18H28N4O2. The third-order valence-corrected chi connectivity index (χ3v) is 6.12. The number of likely N-dealkylation sites (tertiary alicyclic amines) is 1. The molecule has 0 aromatic carbocycles. The zero-order valence-electron chi connectivity index (χ0n) is 14.9. The van der Waals surface area contributed by atoms with Crippen molar-refractivity contribution in [2.24, 2.45) is 5.92 Å². The second-order valence-corrected chi connectivity index (χ2v) is 7.38. The molecule has 3 heterocycles. The monoisotopic (exact) mass is 332 g/mol. The zero-order chi connectivity index (χ0) is 16.8. The van der Waals surface area contributed by atoms with Crippen molar-refractivity contribution in [3.8, 4) is 0 Å². The van der Waals surface area contributed by atoms with E-state index >= 15 is 0 Å². The lowest BCUT2D eigenvalue weighted by Gasteiger charge is -2.51. The van der Waals surface area contributed by atoms with Gasteiger partial charge in [0, 0.05) is 24.8 Å². The van der Waals surface area contributed by atoms with Crippen LogP contribution in [0.15, 0.2) is 0 Å². The van der Waals surface area contributed by atoms with Gasteiger partial charge in [0.25, 0.3) is 5.91 Å². The van der Waals surface area contributed by atoms with Gasteiger partial charge in [-0.2, -0.15) is 5.10 Å². The van der Waals surface area contributed by atoms with Gasteiger partial charge in [-0.15, -0.1) is 0 Å². The molecule has 0 unspecified atom stereocenters. The molecule has 6 heteroatoms. The van der Waals surface area contributed by atoms with Crippen LogP contribution in [0.3, 0.4) is 0 Å². The topological polar surface area (TPSA) is 59.4 Å². The number of rotatable bonds is 4. The molecule has 132 valence electrons. The SMILES string of the molecule is CCn1nc(C)c(C(=O)N[C@@H]2[C@@H]3CCO[C@@H]3[C@H]2N2CCCC2)c1C. The van der Waals surface area contributed by atoms with Gasteiger partial charge >= 0.3 is 0 Å².